The Hall–Kier alpha value is -0.850. The topological polar surface area (TPSA) is 29.1 Å². The molecule has 0 aliphatic rings. The second-order valence-electron chi connectivity index (χ2n) is 3.70. The van der Waals surface area contributed by atoms with Crippen LogP contribution in [0.5, 0.6) is 0 Å². The van der Waals surface area contributed by atoms with Crippen LogP contribution in [0, 0.1) is 9.39 Å². The summed E-state index contributed by atoms with van der Waals surface area (Å²) < 4.78 is 13.8. The van der Waals surface area contributed by atoms with Gasteiger partial charge in [0.15, 0.2) is 0 Å². The van der Waals surface area contributed by atoms with E-state index in [0.717, 1.165) is 9.64 Å². The third-order valence-electron chi connectivity index (χ3n) is 2.35. The first-order valence-electron chi connectivity index (χ1n) is 5.19. The molecule has 0 saturated heterocycles. The Bertz CT molecular complexity index is 649. The largest absolute Gasteiger partial charge is 0.321 e. The zero-order chi connectivity index (χ0) is 14.0. The molecule has 2 nitrogen and oxygen atoms in total. The van der Waals surface area contributed by atoms with E-state index in [-0.39, 0.29) is 10.6 Å². The second kappa shape index (κ2) is 6.07. The summed E-state index contributed by atoms with van der Waals surface area (Å²) in [5, 5.41) is 3.12. The van der Waals surface area contributed by atoms with Gasteiger partial charge in [0.2, 0.25) is 0 Å². The van der Waals surface area contributed by atoms with E-state index in [9.17, 15) is 9.18 Å². The lowest BCUT2D eigenvalue weighted by Gasteiger charge is -2.09. The molecule has 0 unspecified atom stereocenters. The minimum Gasteiger partial charge on any atom is -0.321 e. The lowest BCUT2D eigenvalue weighted by Crippen LogP contribution is -2.13. The van der Waals surface area contributed by atoms with Crippen molar-refractivity contribution in [2.24, 2.45) is 0 Å². The van der Waals surface area contributed by atoms with Gasteiger partial charge < -0.3 is 5.32 Å². The summed E-state index contributed by atoms with van der Waals surface area (Å²) in [6, 6.07) is 8.84. The van der Waals surface area contributed by atoms with E-state index in [1.165, 1.54) is 12.1 Å². The second-order valence-corrected chi connectivity index (χ2v) is 5.76. The molecular weight excluding hydrogens is 403 g/mol. The van der Waals surface area contributed by atoms with Gasteiger partial charge in [-0.05, 0) is 59.0 Å². The van der Waals surface area contributed by atoms with Gasteiger partial charge in [-0.2, -0.15) is 0 Å². The van der Waals surface area contributed by atoms with Crippen molar-refractivity contribution >= 4 is 57.4 Å². The van der Waals surface area contributed by atoms with Gasteiger partial charge in [0.1, 0.15) is 5.82 Å². The normalized spacial score (nSPS) is 10.3. The molecule has 98 valence electrons. The maximum absolute atomic E-state index is 12.9. The number of amides is 1. The lowest BCUT2D eigenvalue weighted by molar-refractivity contribution is 0.102. The molecule has 2 rings (SSSR count). The van der Waals surface area contributed by atoms with Crippen LogP contribution >= 0.6 is 45.8 Å². The molecule has 0 heterocycles. The molecule has 2 aromatic carbocycles. The molecule has 0 saturated carbocycles. The van der Waals surface area contributed by atoms with Crippen molar-refractivity contribution in [1.82, 2.24) is 0 Å². The van der Waals surface area contributed by atoms with Crippen LogP contribution in [0.4, 0.5) is 10.1 Å². The SMILES string of the molecule is O=C(Nc1cc(I)ccc1Cl)c1ccc(F)cc1Cl. The highest BCUT2D eigenvalue weighted by Crippen LogP contribution is 2.25. The highest BCUT2D eigenvalue weighted by atomic mass is 127. The molecular formula is C13H7Cl2FINO. The summed E-state index contributed by atoms with van der Waals surface area (Å²) in [4.78, 5) is 12.0. The summed E-state index contributed by atoms with van der Waals surface area (Å²) >= 11 is 13.9. The molecule has 1 amide bonds. The molecule has 0 radical (unpaired) electrons. The zero-order valence-electron chi connectivity index (χ0n) is 9.38. The summed E-state index contributed by atoms with van der Waals surface area (Å²) in [5.74, 6) is -0.928. The summed E-state index contributed by atoms with van der Waals surface area (Å²) in [6.07, 6.45) is 0. The minimum absolute atomic E-state index is 0.0549. The summed E-state index contributed by atoms with van der Waals surface area (Å²) in [6.45, 7) is 0. The number of halogens is 4. The van der Waals surface area contributed by atoms with E-state index >= 15 is 0 Å². The van der Waals surface area contributed by atoms with Gasteiger partial charge in [-0.25, -0.2) is 4.39 Å². The molecule has 1 N–H and O–H groups in total. The molecule has 0 fully saturated rings. The molecule has 0 atom stereocenters. The van der Waals surface area contributed by atoms with E-state index in [2.05, 4.69) is 27.9 Å². The Morgan fingerprint density at radius 2 is 1.84 bits per heavy atom. The van der Waals surface area contributed by atoms with Crippen LogP contribution in [-0.4, -0.2) is 5.91 Å². The van der Waals surface area contributed by atoms with Gasteiger partial charge in [-0.3, -0.25) is 4.79 Å². The van der Waals surface area contributed by atoms with Crippen LogP contribution in [0.2, 0.25) is 10.0 Å². The van der Waals surface area contributed by atoms with E-state index in [1.807, 2.05) is 6.07 Å². The minimum atomic E-state index is -0.492. The maximum Gasteiger partial charge on any atom is 0.257 e. The van der Waals surface area contributed by atoms with Crippen molar-refractivity contribution in [1.29, 1.82) is 0 Å². The van der Waals surface area contributed by atoms with Gasteiger partial charge in [-0.15, -0.1) is 0 Å². The van der Waals surface area contributed by atoms with Crippen LogP contribution in [0.1, 0.15) is 10.4 Å². The third-order valence-corrected chi connectivity index (χ3v) is 3.67. The summed E-state index contributed by atoms with van der Waals surface area (Å²) in [7, 11) is 0. The maximum atomic E-state index is 12.9. The van der Waals surface area contributed by atoms with E-state index in [4.69, 9.17) is 23.2 Å². The van der Waals surface area contributed by atoms with Crippen molar-refractivity contribution in [3.8, 4) is 0 Å². The van der Waals surface area contributed by atoms with Crippen molar-refractivity contribution in [3.63, 3.8) is 0 Å². The third kappa shape index (κ3) is 3.58. The van der Waals surface area contributed by atoms with Gasteiger partial charge in [0, 0.05) is 3.57 Å². The van der Waals surface area contributed by atoms with Gasteiger partial charge in [-0.1, -0.05) is 23.2 Å². The highest BCUT2D eigenvalue weighted by Gasteiger charge is 2.13. The zero-order valence-corrected chi connectivity index (χ0v) is 13.1. The van der Waals surface area contributed by atoms with E-state index < -0.39 is 11.7 Å². The first-order valence-corrected chi connectivity index (χ1v) is 7.02. The summed E-state index contributed by atoms with van der Waals surface area (Å²) in [5.41, 5.74) is 0.678. The number of rotatable bonds is 2. The van der Waals surface area contributed by atoms with Crippen LogP contribution < -0.4 is 5.32 Å². The number of benzene rings is 2. The number of nitrogens with one attached hydrogen (secondary N) is 1. The molecule has 0 aliphatic heterocycles. The smallest absolute Gasteiger partial charge is 0.257 e. The van der Waals surface area contributed by atoms with Crippen LogP contribution in [0.15, 0.2) is 36.4 Å². The Morgan fingerprint density at radius 3 is 2.53 bits per heavy atom. The number of anilines is 1. The highest BCUT2D eigenvalue weighted by molar-refractivity contribution is 14.1. The molecule has 0 aromatic heterocycles. The Kier molecular flexibility index (Phi) is 4.65. The number of carbonyl (C=O) groups is 1. The quantitative estimate of drug-likeness (QED) is 0.695. The Morgan fingerprint density at radius 1 is 1.11 bits per heavy atom. The van der Waals surface area contributed by atoms with Gasteiger partial charge in [0.05, 0.1) is 21.3 Å². The van der Waals surface area contributed by atoms with E-state index in [1.54, 1.807) is 12.1 Å². The lowest BCUT2D eigenvalue weighted by atomic mass is 10.2. The van der Waals surface area contributed by atoms with Gasteiger partial charge >= 0.3 is 0 Å². The van der Waals surface area contributed by atoms with Crippen molar-refractivity contribution in [2.75, 3.05) is 5.32 Å². The van der Waals surface area contributed by atoms with Crippen LogP contribution in [0.3, 0.4) is 0 Å². The first kappa shape index (κ1) is 14.6. The first-order chi connectivity index (χ1) is 8.97. The molecule has 0 spiro atoms. The van der Waals surface area contributed by atoms with Crippen LogP contribution in [-0.2, 0) is 0 Å². The van der Waals surface area contributed by atoms with Crippen molar-refractivity contribution in [2.45, 2.75) is 0 Å². The predicted octanol–water partition coefficient (Wildman–Crippen LogP) is 4.99. The van der Waals surface area contributed by atoms with E-state index in [0.29, 0.717) is 10.7 Å². The number of hydrogen-bond acceptors (Lipinski definition) is 1. The Labute approximate surface area is 133 Å². The fraction of sp³-hybridized carbons (Fsp3) is 0. The fourth-order valence-corrected chi connectivity index (χ4v) is 2.37. The van der Waals surface area contributed by atoms with Gasteiger partial charge in [0.25, 0.3) is 5.91 Å². The average Bonchev–Trinajstić information content (AvgIpc) is 2.33. The number of hydrogen-bond donors (Lipinski definition) is 1. The fourth-order valence-electron chi connectivity index (χ4n) is 1.46. The Balaban J connectivity index is 2.28. The molecule has 2 aromatic rings. The molecule has 19 heavy (non-hydrogen) atoms. The predicted molar refractivity (Wildman–Crippen MR) is 83.5 cm³/mol. The monoisotopic (exact) mass is 409 g/mol. The van der Waals surface area contributed by atoms with Crippen molar-refractivity contribution in [3.05, 3.63) is 61.4 Å². The molecule has 0 aliphatic carbocycles. The molecule has 0 bridgehead atoms. The van der Waals surface area contributed by atoms with Crippen LogP contribution in [0.25, 0.3) is 0 Å². The molecule has 6 heteroatoms. The standard InChI is InChI=1S/C13H7Cl2FINO/c14-10-4-2-8(17)6-12(10)18-13(19)9-3-1-7(16)5-11(9)15/h1-6H,(H,18,19). The van der Waals surface area contributed by atoms with Crippen molar-refractivity contribution < 1.29 is 9.18 Å². The average molecular weight is 410 g/mol. The number of carbonyl (C=O) groups excluding carboxylic acids is 1.